The molecule has 0 aliphatic heterocycles. The number of hydrogen-bond acceptors (Lipinski definition) is 4. The molecule has 7 nitrogen and oxygen atoms in total. The molecular formula is C14H13F3N4O3. The summed E-state index contributed by atoms with van der Waals surface area (Å²) in [6.45, 7) is 0. The van der Waals surface area contributed by atoms with Crippen LogP contribution in [-0.2, 0) is 14.1 Å². The number of carbonyl (C=O) groups is 1. The lowest BCUT2D eigenvalue weighted by molar-refractivity contribution is -0.156. The fourth-order valence-corrected chi connectivity index (χ4v) is 2.03. The van der Waals surface area contributed by atoms with E-state index in [9.17, 15) is 27.6 Å². The summed E-state index contributed by atoms with van der Waals surface area (Å²) >= 11 is 0. The van der Waals surface area contributed by atoms with Crippen LogP contribution in [0.15, 0.2) is 40.1 Å². The molecule has 2 rings (SSSR count). The lowest BCUT2D eigenvalue weighted by atomic mass is 10.1. The van der Waals surface area contributed by atoms with Crippen LogP contribution in [0.5, 0.6) is 0 Å². The average Bonchev–Trinajstić information content (AvgIpc) is 2.53. The van der Waals surface area contributed by atoms with Gasteiger partial charge in [0.15, 0.2) is 6.04 Å². The molecule has 0 bridgehead atoms. The van der Waals surface area contributed by atoms with Crippen LogP contribution >= 0.6 is 0 Å². The summed E-state index contributed by atoms with van der Waals surface area (Å²) in [6.07, 6.45) is -3.64. The maximum absolute atomic E-state index is 13.2. The lowest BCUT2D eigenvalue weighted by Crippen LogP contribution is -2.44. The lowest BCUT2D eigenvalue weighted by Gasteiger charge is -2.21. The summed E-state index contributed by atoms with van der Waals surface area (Å²) in [5, 5.41) is 1.77. The molecule has 2 heterocycles. The van der Waals surface area contributed by atoms with Gasteiger partial charge in [-0.3, -0.25) is 23.7 Å². The molecule has 0 fully saturated rings. The van der Waals surface area contributed by atoms with E-state index in [4.69, 9.17) is 0 Å². The van der Waals surface area contributed by atoms with Crippen LogP contribution in [0, 0.1) is 0 Å². The highest BCUT2D eigenvalue weighted by atomic mass is 19.4. The molecule has 128 valence electrons. The maximum Gasteiger partial charge on any atom is 0.414 e. The number of nitrogens with one attached hydrogen (secondary N) is 1. The maximum atomic E-state index is 13.2. The summed E-state index contributed by atoms with van der Waals surface area (Å²) in [7, 11) is 2.37. The van der Waals surface area contributed by atoms with E-state index in [0.717, 1.165) is 27.5 Å². The van der Waals surface area contributed by atoms with Crippen LogP contribution < -0.4 is 16.6 Å². The first-order chi connectivity index (χ1) is 11.1. The Kier molecular flexibility index (Phi) is 4.58. The van der Waals surface area contributed by atoms with Crippen LogP contribution in [0.4, 0.5) is 13.2 Å². The summed E-state index contributed by atoms with van der Waals surface area (Å²) in [4.78, 5) is 39.1. The third-order valence-electron chi connectivity index (χ3n) is 3.34. The van der Waals surface area contributed by atoms with Gasteiger partial charge in [0.2, 0.25) is 0 Å². The Balaban J connectivity index is 2.43. The van der Waals surface area contributed by atoms with Crippen molar-refractivity contribution in [1.82, 2.24) is 19.4 Å². The molecule has 10 heteroatoms. The Morgan fingerprint density at radius 3 is 2.42 bits per heavy atom. The van der Waals surface area contributed by atoms with E-state index >= 15 is 0 Å². The smallest absolute Gasteiger partial charge is 0.334 e. The van der Waals surface area contributed by atoms with Crippen molar-refractivity contribution < 1.29 is 18.0 Å². The van der Waals surface area contributed by atoms with Crippen LogP contribution in [0.25, 0.3) is 0 Å². The molecule has 2 aromatic rings. The molecule has 1 atom stereocenters. The molecule has 0 aliphatic carbocycles. The van der Waals surface area contributed by atoms with Gasteiger partial charge < -0.3 is 5.32 Å². The van der Waals surface area contributed by atoms with Gasteiger partial charge >= 0.3 is 11.9 Å². The minimum absolute atomic E-state index is 0.410. The number of pyridine rings is 1. The Labute approximate surface area is 133 Å². The second-order valence-electron chi connectivity index (χ2n) is 4.97. The van der Waals surface area contributed by atoms with E-state index in [2.05, 4.69) is 4.98 Å². The van der Waals surface area contributed by atoms with Crippen LogP contribution in [0.2, 0.25) is 0 Å². The predicted molar refractivity (Wildman–Crippen MR) is 77.4 cm³/mol. The van der Waals surface area contributed by atoms with Crippen LogP contribution in [0.3, 0.4) is 0 Å². The number of amides is 1. The number of nitrogens with zero attached hydrogens (tertiary/aromatic N) is 3. The van der Waals surface area contributed by atoms with E-state index in [-0.39, 0.29) is 0 Å². The molecule has 2 aromatic heterocycles. The summed E-state index contributed by atoms with van der Waals surface area (Å²) < 4.78 is 41.2. The van der Waals surface area contributed by atoms with E-state index in [0.29, 0.717) is 0 Å². The third-order valence-corrected chi connectivity index (χ3v) is 3.34. The predicted octanol–water partition coefficient (Wildman–Crippen LogP) is 0.512. The first kappa shape index (κ1) is 17.4. The molecular weight excluding hydrogens is 329 g/mol. The van der Waals surface area contributed by atoms with Gasteiger partial charge in [-0.1, -0.05) is 6.07 Å². The van der Waals surface area contributed by atoms with E-state index in [1.165, 1.54) is 26.2 Å². The molecule has 0 aromatic carbocycles. The number of carbonyl (C=O) groups excluding carboxylic acids is 1. The fourth-order valence-electron chi connectivity index (χ4n) is 2.03. The molecule has 0 unspecified atom stereocenters. The zero-order chi connectivity index (χ0) is 18.1. The largest absolute Gasteiger partial charge is 0.414 e. The summed E-state index contributed by atoms with van der Waals surface area (Å²) in [5.74, 6) is -1.21. The van der Waals surface area contributed by atoms with Crippen molar-refractivity contribution >= 4 is 5.91 Å². The number of hydrogen-bond donors (Lipinski definition) is 1. The van der Waals surface area contributed by atoms with Crippen LogP contribution in [0.1, 0.15) is 22.2 Å². The van der Waals surface area contributed by atoms with Gasteiger partial charge in [0, 0.05) is 26.4 Å². The van der Waals surface area contributed by atoms with Crippen molar-refractivity contribution in [3.05, 3.63) is 62.7 Å². The van der Waals surface area contributed by atoms with Gasteiger partial charge in [-0.05, 0) is 12.1 Å². The van der Waals surface area contributed by atoms with E-state index in [1.807, 2.05) is 0 Å². The molecule has 0 radical (unpaired) electrons. The van der Waals surface area contributed by atoms with Gasteiger partial charge in [-0.2, -0.15) is 13.2 Å². The Morgan fingerprint density at radius 2 is 1.88 bits per heavy atom. The number of aromatic nitrogens is 3. The van der Waals surface area contributed by atoms with Gasteiger partial charge in [-0.15, -0.1) is 0 Å². The normalized spacial score (nSPS) is 12.7. The number of rotatable bonds is 3. The first-order valence-electron chi connectivity index (χ1n) is 6.68. The van der Waals surface area contributed by atoms with Gasteiger partial charge in [0.1, 0.15) is 5.69 Å². The zero-order valence-electron chi connectivity index (χ0n) is 12.7. The van der Waals surface area contributed by atoms with Crippen molar-refractivity contribution in [3.63, 3.8) is 0 Å². The highest BCUT2D eigenvalue weighted by Crippen LogP contribution is 2.31. The van der Waals surface area contributed by atoms with Gasteiger partial charge in [0.25, 0.3) is 11.5 Å². The highest BCUT2D eigenvalue weighted by molar-refractivity contribution is 5.92. The minimum Gasteiger partial charge on any atom is -0.334 e. The van der Waals surface area contributed by atoms with Crippen molar-refractivity contribution in [2.24, 2.45) is 14.1 Å². The second kappa shape index (κ2) is 6.30. The van der Waals surface area contributed by atoms with Gasteiger partial charge in [-0.25, -0.2) is 4.79 Å². The van der Waals surface area contributed by atoms with Crippen LogP contribution in [-0.4, -0.2) is 26.2 Å². The molecule has 0 saturated carbocycles. The van der Waals surface area contributed by atoms with Crippen molar-refractivity contribution in [2.75, 3.05) is 0 Å². The van der Waals surface area contributed by atoms with E-state index < -0.39 is 40.8 Å². The van der Waals surface area contributed by atoms with Crippen molar-refractivity contribution in [2.45, 2.75) is 12.2 Å². The Bertz CT molecular complexity index is 872. The monoisotopic (exact) mass is 342 g/mol. The topological polar surface area (TPSA) is 86.0 Å². The fraction of sp³-hybridized carbons (Fsp3) is 0.286. The molecule has 0 saturated heterocycles. The summed E-state index contributed by atoms with van der Waals surface area (Å²) in [5.41, 5.74) is -2.51. The minimum atomic E-state index is -4.80. The van der Waals surface area contributed by atoms with Crippen molar-refractivity contribution in [1.29, 1.82) is 0 Å². The average molecular weight is 342 g/mol. The summed E-state index contributed by atoms with van der Waals surface area (Å²) in [6, 6.07) is 2.32. The van der Waals surface area contributed by atoms with Gasteiger partial charge in [0.05, 0.1) is 5.69 Å². The molecule has 24 heavy (non-hydrogen) atoms. The number of alkyl halides is 3. The molecule has 0 spiro atoms. The number of halogens is 3. The standard InChI is InChI=1S/C14H13F3N4O3/c1-20-9(7-10(22)21(2)13(20)24)12(23)19-11(14(15,16)17)8-5-3-4-6-18-8/h3-7,11H,1-2H3,(H,19,23)/t11-/m0/s1. The quantitative estimate of drug-likeness (QED) is 0.881. The Hall–Kier alpha value is -2.91. The van der Waals surface area contributed by atoms with E-state index in [1.54, 1.807) is 5.32 Å². The molecule has 0 aliphatic rings. The Morgan fingerprint density at radius 1 is 1.21 bits per heavy atom. The third kappa shape index (κ3) is 3.36. The van der Waals surface area contributed by atoms with Crippen molar-refractivity contribution in [3.8, 4) is 0 Å². The zero-order valence-corrected chi connectivity index (χ0v) is 12.7. The first-order valence-corrected chi connectivity index (χ1v) is 6.68. The SMILES string of the molecule is Cn1c(C(=O)N[C@@H](c2ccccn2)C(F)(F)F)cc(=O)n(C)c1=O. The molecule has 1 amide bonds. The second-order valence-corrected chi connectivity index (χ2v) is 4.97. The molecule has 1 N–H and O–H groups in total. The highest BCUT2D eigenvalue weighted by Gasteiger charge is 2.43.